The van der Waals surface area contributed by atoms with Gasteiger partial charge in [-0.1, -0.05) is 36.3 Å². The van der Waals surface area contributed by atoms with Crippen LogP contribution in [0.1, 0.15) is 5.56 Å². The summed E-state index contributed by atoms with van der Waals surface area (Å²) in [6.45, 7) is 0.0750. The Labute approximate surface area is 166 Å². The van der Waals surface area contributed by atoms with Crippen molar-refractivity contribution in [3.8, 4) is 18.1 Å². The van der Waals surface area contributed by atoms with E-state index in [0.717, 1.165) is 10.8 Å². The number of carbonyl (C=O) groups excluding carboxylic acids is 2. The molecule has 0 saturated carbocycles. The van der Waals surface area contributed by atoms with Crippen LogP contribution in [0.3, 0.4) is 0 Å². The fraction of sp³-hybridized carbons (Fsp3) is 0.0455. The molecule has 3 aromatic rings. The molecule has 0 atom stereocenters. The molecule has 2 amide bonds. The fourth-order valence-electron chi connectivity index (χ4n) is 2.58. The molecule has 0 aliphatic heterocycles. The number of fused-ring (bicyclic) bond motifs is 1. The highest BCUT2D eigenvalue weighted by atomic mass is 19.1. The van der Waals surface area contributed by atoms with Crippen molar-refractivity contribution < 1.29 is 18.7 Å². The third-order valence-corrected chi connectivity index (χ3v) is 3.91. The van der Waals surface area contributed by atoms with E-state index in [2.05, 4.69) is 21.8 Å². The Hall–Kier alpha value is -4.18. The van der Waals surface area contributed by atoms with E-state index in [1.54, 1.807) is 6.07 Å². The van der Waals surface area contributed by atoms with Gasteiger partial charge >= 0.3 is 11.8 Å². The van der Waals surface area contributed by atoms with Crippen LogP contribution in [0.25, 0.3) is 10.8 Å². The molecule has 0 heterocycles. The predicted octanol–water partition coefficient (Wildman–Crippen LogP) is 3.08. The lowest BCUT2D eigenvalue weighted by Crippen LogP contribution is -2.32. The summed E-state index contributed by atoms with van der Waals surface area (Å²) in [4.78, 5) is 23.9. The van der Waals surface area contributed by atoms with Gasteiger partial charge in [-0.25, -0.2) is 9.82 Å². The van der Waals surface area contributed by atoms with Gasteiger partial charge in [0.05, 0.1) is 6.21 Å². The SMILES string of the molecule is C#CCOc1ccc2ccccc2c1/C=N\NC(=O)C(=O)Nc1ccc(F)cc1. The van der Waals surface area contributed by atoms with Gasteiger partial charge < -0.3 is 10.1 Å². The lowest BCUT2D eigenvalue weighted by atomic mass is 10.0. The Morgan fingerprint density at radius 3 is 2.59 bits per heavy atom. The second kappa shape index (κ2) is 9.15. The van der Waals surface area contributed by atoms with E-state index in [1.165, 1.54) is 30.5 Å². The summed E-state index contributed by atoms with van der Waals surface area (Å²) in [6.07, 6.45) is 6.64. The zero-order chi connectivity index (χ0) is 20.6. The van der Waals surface area contributed by atoms with Crippen LogP contribution >= 0.6 is 0 Å². The van der Waals surface area contributed by atoms with Gasteiger partial charge in [0.1, 0.15) is 18.2 Å². The predicted molar refractivity (Wildman–Crippen MR) is 109 cm³/mol. The van der Waals surface area contributed by atoms with Gasteiger partial charge in [0, 0.05) is 11.3 Å². The van der Waals surface area contributed by atoms with Crippen LogP contribution < -0.4 is 15.5 Å². The molecule has 0 bridgehead atoms. The fourth-order valence-corrected chi connectivity index (χ4v) is 2.58. The third kappa shape index (κ3) is 4.96. The van der Waals surface area contributed by atoms with Gasteiger partial charge in [0.25, 0.3) is 0 Å². The van der Waals surface area contributed by atoms with Crippen LogP contribution in [0.4, 0.5) is 10.1 Å². The van der Waals surface area contributed by atoms with E-state index < -0.39 is 17.6 Å². The number of terminal acetylenes is 1. The van der Waals surface area contributed by atoms with Crippen molar-refractivity contribution in [2.75, 3.05) is 11.9 Å². The molecule has 144 valence electrons. The van der Waals surface area contributed by atoms with Crippen LogP contribution in [-0.2, 0) is 9.59 Å². The first-order valence-corrected chi connectivity index (χ1v) is 8.56. The van der Waals surface area contributed by atoms with Crippen molar-refractivity contribution >= 4 is 34.5 Å². The first-order valence-electron chi connectivity index (χ1n) is 8.56. The molecule has 0 unspecified atom stereocenters. The Kier molecular flexibility index (Phi) is 6.18. The monoisotopic (exact) mass is 389 g/mol. The van der Waals surface area contributed by atoms with Crippen molar-refractivity contribution in [3.05, 3.63) is 72.0 Å². The average molecular weight is 389 g/mol. The Morgan fingerprint density at radius 2 is 1.83 bits per heavy atom. The molecule has 0 saturated heterocycles. The van der Waals surface area contributed by atoms with Crippen molar-refractivity contribution in [3.63, 3.8) is 0 Å². The molecule has 0 aromatic heterocycles. The number of nitrogens with zero attached hydrogens (tertiary/aromatic N) is 1. The maximum absolute atomic E-state index is 12.9. The minimum atomic E-state index is -0.975. The van der Waals surface area contributed by atoms with Crippen molar-refractivity contribution in [1.82, 2.24) is 5.43 Å². The first kappa shape index (κ1) is 19.6. The van der Waals surface area contributed by atoms with Crippen LogP contribution in [0, 0.1) is 18.2 Å². The molecule has 3 rings (SSSR count). The van der Waals surface area contributed by atoms with E-state index in [4.69, 9.17) is 11.2 Å². The maximum atomic E-state index is 12.9. The summed E-state index contributed by atoms with van der Waals surface area (Å²) in [6, 6.07) is 16.2. The van der Waals surface area contributed by atoms with Crippen LogP contribution in [0.5, 0.6) is 5.75 Å². The number of benzene rings is 3. The maximum Gasteiger partial charge on any atom is 0.329 e. The van der Waals surface area contributed by atoms with Crippen LogP contribution in [-0.4, -0.2) is 24.6 Å². The molecular weight excluding hydrogens is 373 g/mol. The molecule has 0 aliphatic carbocycles. The smallest absolute Gasteiger partial charge is 0.329 e. The minimum Gasteiger partial charge on any atom is -0.480 e. The molecule has 0 radical (unpaired) electrons. The number of rotatable bonds is 5. The zero-order valence-corrected chi connectivity index (χ0v) is 15.2. The molecule has 0 spiro atoms. The van der Waals surface area contributed by atoms with Crippen molar-refractivity contribution in [1.29, 1.82) is 0 Å². The number of amides is 2. The quantitative estimate of drug-likeness (QED) is 0.305. The minimum absolute atomic E-state index is 0.0750. The number of halogens is 1. The number of nitrogens with one attached hydrogen (secondary N) is 2. The number of hydrazone groups is 1. The summed E-state index contributed by atoms with van der Waals surface area (Å²) in [5.41, 5.74) is 3.05. The molecule has 3 aromatic carbocycles. The molecule has 29 heavy (non-hydrogen) atoms. The number of hydrogen-bond donors (Lipinski definition) is 2. The summed E-state index contributed by atoms with van der Waals surface area (Å²) in [5.74, 6) is 0.531. The van der Waals surface area contributed by atoms with E-state index in [0.29, 0.717) is 11.3 Å². The first-order chi connectivity index (χ1) is 14.1. The summed E-state index contributed by atoms with van der Waals surface area (Å²) in [5, 5.41) is 8.00. The molecule has 2 N–H and O–H groups in total. The Morgan fingerprint density at radius 1 is 1.07 bits per heavy atom. The van der Waals surface area contributed by atoms with Gasteiger partial charge in [0.15, 0.2) is 0 Å². The van der Waals surface area contributed by atoms with Gasteiger partial charge in [-0.2, -0.15) is 5.10 Å². The highest BCUT2D eigenvalue weighted by molar-refractivity contribution is 6.39. The van der Waals surface area contributed by atoms with Crippen molar-refractivity contribution in [2.24, 2.45) is 5.10 Å². The summed E-state index contributed by atoms with van der Waals surface area (Å²) >= 11 is 0. The summed E-state index contributed by atoms with van der Waals surface area (Å²) in [7, 11) is 0. The van der Waals surface area contributed by atoms with E-state index >= 15 is 0 Å². The summed E-state index contributed by atoms with van der Waals surface area (Å²) < 4.78 is 18.4. The number of hydrogen-bond acceptors (Lipinski definition) is 4. The van der Waals surface area contributed by atoms with Crippen LogP contribution in [0.15, 0.2) is 65.8 Å². The lowest BCUT2D eigenvalue weighted by Gasteiger charge is -2.10. The number of carbonyl (C=O) groups is 2. The topological polar surface area (TPSA) is 79.8 Å². The van der Waals surface area contributed by atoms with Gasteiger partial charge in [0.2, 0.25) is 0 Å². The van der Waals surface area contributed by atoms with Gasteiger partial charge in [-0.15, -0.1) is 6.42 Å². The highest BCUT2D eigenvalue weighted by Crippen LogP contribution is 2.26. The number of anilines is 1. The van der Waals surface area contributed by atoms with E-state index in [-0.39, 0.29) is 12.3 Å². The average Bonchev–Trinajstić information content (AvgIpc) is 2.74. The normalized spacial score (nSPS) is 10.5. The van der Waals surface area contributed by atoms with Crippen molar-refractivity contribution in [2.45, 2.75) is 0 Å². The molecule has 0 fully saturated rings. The third-order valence-electron chi connectivity index (χ3n) is 3.91. The molecule has 6 nitrogen and oxygen atoms in total. The van der Waals surface area contributed by atoms with Gasteiger partial charge in [-0.3, -0.25) is 9.59 Å². The van der Waals surface area contributed by atoms with Crippen LogP contribution in [0.2, 0.25) is 0 Å². The van der Waals surface area contributed by atoms with Gasteiger partial charge in [-0.05, 0) is 41.1 Å². The Bertz CT molecular complexity index is 1120. The van der Waals surface area contributed by atoms with E-state index in [9.17, 15) is 14.0 Å². The second-order valence-electron chi connectivity index (χ2n) is 5.85. The molecule has 0 aliphatic rings. The largest absolute Gasteiger partial charge is 0.480 e. The Balaban J connectivity index is 1.74. The highest BCUT2D eigenvalue weighted by Gasteiger charge is 2.13. The standard InChI is InChI=1S/C22H16FN3O3/c1-2-13-29-20-12-7-15-5-3-4-6-18(15)19(20)14-24-26-22(28)21(27)25-17-10-8-16(23)9-11-17/h1,3-12,14H,13H2,(H,25,27)(H,26,28)/b24-14-. The number of ether oxygens (including phenoxy) is 1. The zero-order valence-electron chi connectivity index (χ0n) is 15.2. The second-order valence-corrected chi connectivity index (χ2v) is 5.85. The van der Waals surface area contributed by atoms with E-state index in [1.807, 2.05) is 30.3 Å². The molecule has 7 heteroatoms. The lowest BCUT2D eigenvalue weighted by molar-refractivity contribution is -0.136. The molecular formula is C22H16FN3O3.